The van der Waals surface area contributed by atoms with Gasteiger partial charge in [-0.05, 0) is 12.8 Å². The first-order valence-corrected chi connectivity index (χ1v) is 8.81. The monoisotopic (exact) mass is 294 g/mol. The molecule has 2 nitrogen and oxygen atoms in total. The summed E-state index contributed by atoms with van der Waals surface area (Å²) in [6, 6.07) is 0. The largest absolute Gasteiger partial charge is 0.469 e. The van der Waals surface area contributed by atoms with Crippen molar-refractivity contribution in [3.63, 3.8) is 0 Å². The molecule has 0 spiro atoms. The van der Waals surface area contributed by atoms with Crippen LogP contribution < -0.4 is 0 Å². The van der Waals surface area contributed by atoms with E-state index < -0.39 is 0 Å². The van der Waals surface area contributed by atoms with Gasteiger partial charge < -0.3 is 4.74 Å². The minimum atomic E-state index is -0.0747. The Morgan fingerprint density at radius 3 is 1.52 bits per heavy atom. The number of hydrogen-bond acceptors (Lipinski definition) is 2. The van der Waals surface area contributed by atoms with Crippen molar-refractivity contribution in [2.24, 2.45) is 0 Å². The molecule has 0 saturated carbocycles. The predicted octanol–water partition coefficient (Wildman–Crippen LogP) is 5.64. The van der Waals surface area contributed by atoms with Gasteiger partial charge in [0.25, 0.3) is 0 Å². The normalized spacial score (nSPS) is 10.3. The maximum Gasteiger partial charge on any atom is 0.305 e. The number of carbonyl (C=O) groups is 1. The maximum atomic E-state index is 10.9. The molecule has 0 fully saturated rings. The lowest BCUT2D eigenvalue weighted by atomic mass is 10.0. The number of hydrogen-bond donors (Lipinski definition) is 0. The Hall–Kier alpha value is -0.970. The van der Waals surface area contributed by atoms with Crippen molar-refractivity contribution in [2.75, 3.05) is 7.11 Å². The minimum absolute atomic E-state index is 0.0747. The Balaban J connectivity index is 3.00. The topological polar surface area (TPSA) is 26.3 Å². The molecule has 0 heterocycles. The molecule has 122 valence electrons. The highest BCUT2D eigenvalue weighted by molar-refractivity contribution is 5.68. The third-order valence-electron chi connectivity index (χ3n) is 3.93. The van der Waals surface area contributed by atoms with Crippen molar-refractivity contribution < 1.29 is 9.53 Å². The van der Waals surface area contributed by atoms with E-state index in [-0.39, 0.29) is 5.97 Å². The van der Waals surface area contributed by atoms with Gasteiger partial charge in [0.2, 0.25) is 0 Å². The zero-order chi connectivity index (χ0) is 15.6. The van der Waals surface area contributed by atoms with E-state index in [2.05, 4.69) is 10.7 Å². The van der Waals surface area contributed by atoms with E-state index in [1.165, 1.54) is 77.7 Å². The number of ether oxygens (including phenoxy) is 1. The van der Waals surface area contributed by atoms with Crippen LogP contribution in [0.2, 0.25) is 0 Å². The Kier molecular flexibility index (Phi) is 16.3. The molecule has 21 heavy (non-hydrogen) atoms. The highest BCUT2D eigenvalue weighted by Crippen LogP contribution is 2.13. The minimum Gasteiger partial charge on any atom is -0.469 e. The van der Waals surface area contributed by atoms with Gasteiger partial charge in [-0.1, -0.05) is 70.6 Å². The van der Waals surface area contributed by atoms with Crippen molar-refractivity contribution >= 4 is 5.97 Å². The zero-order valence-corrected chi connectivity index (χ0v) is 14.0. The van der Waals surface area contributed by atoms with E-state index in [0.29, 0.717) is 6.42 Å². The maximum absolute atomic E-state index is 10.9. The molecule has 0 aliphatic heterocycles. The number of carbonyl (C=O) groups excluding carboxylic acids is 1. The molecule has 0 radical (unpaired) electrons. The van der Waals surface area contributed by atoms with Crippen molar-refractivity contribution in [3.05, 3.63) is 0 Å². The summed E-state index contributed by atoms with van der Waals surface area (Å²) < 4.78 is 4.62. The zero-order valence-electron chi connectivity index (χ0n) is 14.0. The van der Waals surface area contributed by atoms with Crippen LogP contribution in [-0.2, 0) is 9.53 Å². The summed E-state index contributed by atoms with van der Waals surface area (Å²) in [7, 11) is 1.46. The lowest BCUT2D eigenvalue weighted by Gasteiger charge is -2.03. The van der Waals surface area contributed by atoms with Crippen LogP contribution in [0.5, 0.6) is 0 Å². The lowest BCUT2D eigenvalue weighted by molar-refractivity contribution is -0.140. The molecule has 0 N–H and O–H groups in total. The van der Waals surface area contributed by atoms with Crippen molar-refractivity contribution in [3.8, 4) is 12.3 Å². The molecule has 0 aromatic rings. The van der Waals surface area contributed by atoms with Crippen molar-refractivity contribution in [2.45, 2.75) is 96.3 Å². The fraction of sp³-hybridized carbons (Fsp3) is 0.842. The Bertz CT molecular complexity index is 265. The molecule has 0 saturated heterocycles. The molecule has 0 aromatic heterocycles. The van der Waals surface area contributed by atoms with Crippen molar-refractivity contribution in [1.29, 1.82) is 0 Å². The summed E-state index contributed by atoms with van der Waals surface area (Å²) in [5.41, 5.74) is 0. The van der Waals surface area contributed by atoms with Crippen LogP contribution in [0.25, 0.3) is 0 Å². The number of rotatable bonds is 15. The highest BCUT2D eigenvalue weighted by atomic mass is 16.5. The number of esters is 1. The Morgan fingerprint density at radius 2 is 1.14 bits per heavy atom. The molecule has 0 unspecified atom stereocenters. The molecule has 0 aliphatic rings. The third-order valence-corrected chi connectivity index (χ3v) is 3.93. The molecule has 0 aromatic carbocycles. The SMILES string of the molecule is C#CCCCCCCCCCCCCCCCC(=O)OC. The van der Waals surface area contributed by atoms with Gasteiger partial charge in [-0.15, -0.1) is 12.3 Å². The third kappa shape index (κ3) is 17.0. The molecule has 2 heteroatoms. The smallest absolute Gasteiger partial charge is 0.305 e. The van der Waals surface area contributed by atoms with Crippen LogP contribution in [0.15, 0.2) is 0 Å². The highest BCUT2D eigenvalue weighted by Gasteiger charge is 1.99. The van der Waals surface area contributed by atoms with Crippen LogP contribution >= 0.6 is 0 Å². The Morgan fingerprint density at radius 1 is 0.762 bits per heavy atom. The number of unbranched alkanes of at least 4 members (excludes halogenated alkanes) is 13. The van der Waals surface area contributed by atoms with Gasteiger partial charge in [-0.3, -0.25) is 4.79 Å². The number of methoxy groups -OCH3 is 1. The van der Waals surface area contributed by atoms with E-state index >= 15 is 0 Å². The molecule has 0 bridgehead atoms. The molecule has 0 amide bonds. The molecule has 0 aliphatic carbocycles. The van der Waals surface area contributed by atoms with Gasteiger partial charge in [0.15, 0.2) is 0 Å². The van der Waals surface area contributed by atoms with Gasteiger partial charge in [-0.2, -0.15) is 0 Å². The molecular formula is C19H34O2. The fourth-order valence-corrected chi connectivity index (χ4v) is 2.54. The van der Waals surface area contributed by atoms with Gasteiger partial charge in [0, 0.05) is 12.8 Å². The van der Waals surface area contributed by atoms with Crippen LogP contribution in [0, 0.1) is 12.3 Å². The fourth-order valence-electron chi connectivity index (χ4n) is 2.54. The van der Waals surface area contributed by atoms with E-state index in [0.717, 1.165) is 19.3 Å². The van der Waals surface area contributed by atoms with Gasteiger partial charge in [0.1, 0.15) is 0 Å². The first-order chi connectivity index (χ1) is 10.3. The predicted molar refractivity (Wildman–Crippen MR) is 90.1 cm³/mol. The second-order valence-electron chi connectivity index (χ2n) is 5.88. The summed E-state index contributed by atoms with van der Waals surface area (Å²) in [6.07, 6.45) is 23.6. The van der Waals surface area contributed by atoms with E-state index in [4.69, 9.17) is 6.42 Å². The average Bonchev–Trinajstić information content (AvgIpc) is 2.50. The summed E-state index contributed by atoms with van der Waals surface area (Å²) >= 11 is 0. The van der Waals surface area contributed by atoms with Gasteiger partial charge in [0.05, 0.1) is 7.11 Å². The molecule has 0 rings (SSSR count). The lowest BCUT2D eigenvalue weighted by Crippen LogP contribution is -1.99. The Labute approximate surface area is 132 Å². The van der Waals surface area contributed by atoms with Crippen LogP contribution in [0.1, 0.15) is 96.3 Å². The summed E-state index contributed by atoms with van der Waals surface area (Å²) in [5.74, 6) is 2.62. The van der Waals surface area contributed by atoms with E-state index in [1.54, 1.807) is 0 Å². The second kappa shape index (κ2) is 17.1. The second-order valence-corrected chi connectivity index (χ2v) is 5.88. The average molecular weight is 294 g/mol. The van der Waals surface area contributed by atoms with Gasteiger partial charge in [-0.25, -0.2) is 0 Å². The van der Waals surface area contributed by atoms with E-state index in [1.807, 2.05) is 0 Å². The quantitative estimate of drug-likeness (QED) is 0.222. The van der Waals surface area contributed by atoms with Crippen LogP contribution in [0.3, 0.4) is 0 Å². The molecule has 0 atom stereocenters. The summed E-state index contributed by atoms with van der Waals surface area (Å²) in [4.78, 5) is 10.9. The first kappa shape index (κ1) is 20.0. The van der Waals surface area contributed by atoms with Crippen LogP contribution in [-0.4, -0.2) is 13.1 Å². The number of terminal acetylenes is 1. The van der Waals surface area contributed by atoms with Crippen LogP contribution in [0.4, 0.5) is 0 Å². The standard InChI is InChI=1S/C19H34O2/c1-3-4-5-6-7-8-9-10-11-12-13-14-15-16-17-18-19(20)21-2/h1H,4-18H2,2H3. The van der Waals surface area contributed by atoms with Gasteiger partial charge >= 0.3 is 5.97 Å². The van der Waals surface area contributed by atoms with Crippen molar-refractivity contribution in [1.82, 2.24) is 0 Å². The summed E-state index contributed by atoms with van der Waals surface area (Å²) in [5, 5.41) is 0. The summed E-state index contributed by atoms with van der Waals surface area (Å²) in [6.45, 7) is 0. The first-order valence-electron chi connectivity index (χ1n) is 8.81. The van der Waals surface area contributed by atoms with E-state index in [9.17, 15) is 4.79 Å². The molecular weight excluding hydrogens is 260 g/mol.